The van der Waals surface area contributed by atoms with Crippen LogP contribution in [0.3, 0.4) is 0 Å². The van der Waals surface area contributed by atoms with E-state index in [2.05, 4.69) is 0 Å². The van der Waals surface area contributed by atoms with Gasteiger partial charge < -0.3 is 9.64 Å². The topological polar surface area (TPSA) is 72.9 Å². The Morgan fingerprint density at radius 1 is 0.930 bits per heavy atom. The Morgan fingerprint density at radius 3 is 2.09 bits per heavy atom. The lowest BCUT2D eigenvalue weighted by atomic mass is 9.88. The predicted octanol–water partition coefficient (Wildman–Crippen LogP) is 7.50. The maximum Gasteiger partial charge on any atom is 0.416 e. The summed E-state index contributed by atoms with van der Waals surface area (Å²) in [4.78, 5) is 14.3. The third kappa shape index (κ3) is 7.63. The van der Waals surface area contributed by atoms with Gasteiger partial charge in [-0.05, 0) is 55.0 Å². The second-order valence-electron chi connectivity index (χ2n) is 9.83. The highest BCUT2D eigenvalue weighted by molar-refractivity contribution is 7.86. The van der Waals surface area contributed by atoms with Gasteiger partial charge in [-0.25, -0.2) is 0 Å². The second kappa shape index (κ2) is 12.3. The average Bonchev–Trinajstić information content (AvgIpc) is 2.93. The summed E-state index contributed by atoms with van der Waals surface area (Å²) < 4.78 is 117. The summed E-state index contributed by atoms with van der Waals surface area (Å²) in [6, 6.07) is 10.9. The monoisotopic (exact) mass is 669 g/mol. The molecule has 1 fully saturated rings. The molecule has 0 unspecified atom stereocenters. The summed E-state index contributed by atoms with van der Waals surface area (Å²) in [6.07, 6.45) is -10.5. The van der Waals surface area contributed by atoms with Gasteiger partial charge in [0, 0.05) is 18.5 Å². The lowest BCUT2D eigenvalue weighted by molar-refractivity contribution is -0.143. The van der Waals surface area contributed by atoms with E-state index in [-0.39, 0.29) is 47.1 Å². The average molecular weight is 670 g/mol. The lowest BCUT2D eigenvalue weighted by Gasteiger charge is -2.43. The molecule has 0 saturated carbocycles. The molecule has 0 spiro atoms. The molecule has 0 bridgehead atoms. The van der Waals surface area contributed by atoms with Crippen LogP contribution in [0, 0.1) is 6.92 Å². The molecule has 1 heterocycles. The number of amides is 1. The number of hydrogen-bond donors (Lipinski definition) is 0. The molecule has 1 saturated heterocycles. The molecule has 15 heteroatoms. The number of morpholine rings is 1. The molecule has 0 radical (unpaired) electrons. The highest BCUT2D eigenvalue weighted by atomic mass is 35.5. The fourth-order valence-electron chi connectivity index (χ4n) is 4.56. The minimum Gasteiger partial charge on any atom is -0.366 e. The van der Waals surface area contributed by atoms with Gasteiger partial charge in [0.25, 0.3) is 16.0 Å². The summed E-state index contributed by atoms with van der Waals surface area (Å²) in [7, 11) is -4.21. The quantitative estimate of drug-likeness (QED) is 0.192. The van der Waals surface area contributed by atoms with Gasteiger partial charge in [0.2, 0.25) is 0 Å². The number of carbonyl (C=O) groups excluding carboxylic acids is 1. The molecule has 1 atom stereocenters. The Kier molecular flexibility index (Phi) is 9.44. The largest absolute Gasteiger partial charge is 0.416 e. The zero-order chi connectivity index (χ0) is 31.8. The van der Waals surface area contributed by atoms with Crippen LogP contribution in [0.25, 0.3) is 0 Å². The Morgan fingerprint density at radius 2 is 1.53 bits per heavy atom. The van der Waals surface area contributed by atoms with Crippen molar-refractivity contribution in [3.05, 3.63) is 98.5 Å². The van der Waals surface area contributed by atoms with Crippen molar-refractivity contribution in [2.45, 2.75) is 36.2 Å². The van der Waals surface area contributed by atoms with E-state index in [0.717, 1.165) is 10.5 Å². The summed E-state index contributed by atoms with van der Waals surface area (Å²) in [5.74, 6) is -1.11. The molecular formula is C28H23Cl2F6NO5S. The number of hydrogen-bond acceptors (Lipinski definition) is 5. The van der Waals surface area contributed by atoms with E-state index >= 15 is 0 Å². The van der Waals surface area contributed by atoms with E-state index in [1.165, 1.54) is 30.3 Å². The fourth-order valence-corrected chi connectivity index (χ4v) is 5.76. The van der Waals surface area contributed by atoms with Gasteiger partial charge in [0.05, 0.1) is 45.8 Å². The molecule has 0 N–H and O–H groups in total. The first-order valence-corrected chi connectivity index (χ1v) is 14.7. The number of ether oxygens (including phenoxy) is 1. The van der Waals surface area contributed by atoms with Crippen LogP contribution < -0.4 is 0 Å². The van der Waals surface area contributed by atoms with Gasteiger partial charge in [-0.15, -0.1) is 0 Å². The first-order chi connectivity index (χ1) is 19.9. The molecule has 6 nitrogen and oxygen atoms in total. The first kappa shape index (κ1) is 33.1. The molecule has 0 aliphatic carbocycles. The number of benzene rings is 3. The Hall–Kier alpha value is -2.84. The SMILES string of the molecule is Cc1ccc(S(=O)(=O)OCC[C@@]2(c3ccc(Cl)c(Cl)c3)CN(C(=O)c3cc(C(F)(F)F)cc(C(F)(F)F)c3)CCO2)cc1. The standard InChI is InChI=1S/C28H23Cl2F6NO5S/c1-17-2-5-22(6-3-17)43(39,40)42-10-8-26(19-4-7-23(29)24(30)15-19)16-37(9-11-41-26)25(38)18-12-20(27(31,32)33)14-21(13-18)28(34,35)36/h2-7,12-15H,8-11,16H2,1H3/t26-/m0/s1. The molecule has 43 heavy (non-hydrogen) atoms. The maximum atomic E-state index is 13.4. The van der Waals surface area contributed by atoms with Crippen LogP contribution in [0.2, 0.25) is 10.0 Å². The van der Waals surface area contributed by atoms with Crippen LogP contribution in [0.15, 0.2) is 65.6 Å². The second-order valence-corrected chi connectivity index (χ2v) is 12.3. The predicted molar refractivity (Wildman–Crippen MR) is 145 cm³/mol. The van der Waals surface area contributed by atoms with E-state index in [0.29, 0.717) is 17.7 Å². The maximum absolute atomic E-state index is 13.4. The summed E-state index contributed by atoms with van der Waals surface area (Å²) in [5, 5.41) is 0.262. The number of carbonyl (C=O) groups is 1. The molecule has 0 aromatic heterocycles. The van der Waals surface area contributed by atoms with Crippen molar-refractivity contribution in [2.24, 2.45) is 0 Å². The fraction of sp³-hybridized carbons (Fsp3) is 0.321. The Balaban J connectivity index is 1.67. The van der Waals surface area contributed by atoms with Crippen molar-refractivity contribution in [1.29, 1.82) is 0 Å². The minimum absolute atomic E-state index is 0.0675. The molecular weight excluding hydrogens is 647 g/mol. The molecule has 232 valence electrons. The van der Waals surface area contributed by atoms with Crippen molar-refractivity contribution in [3.8, 4) is 0 Å². The lowest BCUT2D eigenvalue weighted by Crippen LogP contribution is -2.52. The molecule has 3 aromatic rings. The van der Waals surface area contributed by atoms with Crippen LogP contribution >= 0.6 is 23.2 Å². The third-order valence-corrected chi connectivity index (χ3v) is 8.87. The minimum atomic E-state index is -5.15. The van der Waals surface area contributed by atoms with Gasteiger partial charge >= 0.3 is 12.4 Å². The van der Waals surface area contributed by atoms with Gasteiger partial charge in [0.1, 0.15) is 5.60 Å². The number of halogens is 8. The summed E-state index contributed by atoms with van der Waals surface area (Å²) in [5.41, 5.74) is -4.46. The third-order valence-electron chi connectivity index (χ3n) is 6.81. The van der Waals surface area contributed by atoms with E-state index in [1.807, 2.05) is 0 Å². The molecule has 1 amide bonds. The molecule has 3 aromatic carbocycles. The van der Waals surface area contributed by atoms with E-state index in [4.69, 9.17) is 32.1 Å². The molecule has 4 rings (SSSR count). The van der Waals surface area contributed by atoms with E-state index in [1.54, 1.807) is 19.1 Å². The number of rotatable bonds is 7. The highest BCUT2D eigenvalue weighted by Crippen LogP contribution is 2.39. The van der Waals surface area contributed by atoms with Crippen molar-refractivity contribution in [3.63, 3.8) is 0 Å². The smallest absolute Gasteiger partial charge is 0.366 e. The van der Waals surface area contributed by atoms with Gasteiger partial charge in [-0.1, -0.05) is 47.0 Å². The van der Waals surface area contributed by atoms with Crippen LogP contribution in [0.5, 0.6) is 0 Å². The van der Waals surface area contributed by atoms with Gasteiger partial charge in [0.15, 0.2) is 0 Å². The zero-order valence-corrected chi connectivity index (χ0v) is 24.6. The Bertz CT molecular complexity index is 1580. The van der Waals surface area contributed by atoms with E-state index in [9.17, 15) is 39.6 Å². The van der Waals surface area contributed by atoms with Crippen LogP contribution in [0.1, 0.15) is 39.0 Å². The number of aryl methyl sites for hydroxylation is 1. The highest BCUT2D eigenvalue weighted by Gasteiger charge is 2.42. The van der Waals surface area contributed by atoms with Gasteiger partial charge in [-0.2, -0.15) is 34.8 Å². The van der Waals surface area contributed by atoms with E-state index < -0.39 is 57.3 Å². The summed E-state index contributed by atoms with van der Waals surface area (Å²) in [6.45, 7) is 0.564. The first-order valence-electron chi connectivity index (χ1n) is 12.6. The summed E-state index contributed by atoms with van der Waals surface area (Å²) >= 11 is 12.2. The van der Waals surface area contributed by atoms with Crippen molar-refractivity contribution in [1.82, 2.24) is 4.90 Å². The number of nitrogens with zero attached hydrogens (tertiary/aromatic N) is 1. The van der Waals surface area contributed by atoms with Crippen LogP contribution in [-0.2, 0) is 37.0 Å². The van der Waals surface area contributed by atoms with Crippen LogP contribution in [0.4, 0.5) is 26.3 Å². The van der Waals surface area contributed by atoms with Crippen molar-refractivity contribution in [2.75, 3.05) is 26.3 Å². The van der Waals surface area contributed by atoms with Crippen molar-refractivity contribution >= 4 is 39.2 Å². The van der Waals surface area contributed by atoms with Crippen molar-refractivity contribution < 1.29 is 48.5 Å². The van der Waals surface area contributed by atoms with Crippen LogP contribution in [-0.4, -0.2) is 45.5 Å². The molecule has 1 aliphatic rings. The zero-order valence-electron chi connectivity index (χ0n) is 22.2. The Labute approximate surface area is 253 Å². The number of alkyl halides is 6. The normalized spacial score (nSPS) is 18.1. The van der Waals surface area contributed by atoms with Gasteiger partial charge in [-0.3, -0.25) is 8.98 Å². The molecule has 1 aliphatic heterocycles.